The number of carbonyl (C=O) groups excluding carboxylic acids is 3. The Labute approximate surface area is 422 Å². The number of cyclic esters (lactones) is 1. The second-order valence-electron chi connectivity index (χ2n) is 17.8. The van der Waals surface area contributed by atoms with Crippen LogP contribution in [0.5, 0.6) is 0 Å². The fourth-order valence-corrected chi connectivity index (χ4v) is 9.93. The average Bonchev–Trinajstić information content (AvgIpc) is 3.76. The van der Waals surface area contributed by atoms with Crippen molar-refractivity contribution in [1.82, 2.24) is 35.2 Å². The third-order valence-electron chi connectivity index (χ3n) is 12.7. The van der Waals surface area contributed by atoms with Crippen LogP contribution in [0.15, 0.2) is 35.8 Å². The largest absolute Gasteiger partial charge is 0.464 e. The summed E-state index contributed by atoms with van der Waals surface area (Å²) in [5.41, 5.74) is 10.8. The maximum atomic E-state index is 14.2. The lowest BCUT2D eigenvalue weighted by Gasteiger charge is -2.35. The van der Waals surface area contributed by atoms with Crippen LogP contribution < -0.4 is 15.6 Å². The molecule has 1 aliphatic carbocycles. The van der Waals surface area contributed by atoms with Crippen molar-refractivity contribution in [2.24, 2.45) is 17.3 Å². The fourth-order valence-electron chi connectivity index (χ4n) is 9.08. The molecule has 2 saturated heterocycles. The first-order valence-electron chi connectivity index (χ1n) is 21.5. The van der Waals surface area contributed by atoms with Gasteiger partial charge in [-0.3, -0.25) is 24.4 Å². The summed E-state index contributed by atoms with van der Waals surface area (Å²) in [6.45, 7) is 14.1. The summed E-state index contributed by atoms with van der Waals surface area (Å²) in [6, 6.07) is 7.26. The zero-order chi connectivity index (χ0) is 42.3. The SMILES string of the molecule is CCn1c(-c2cc(N3CCN(C)CC3)cnc2[C@H](C)OC)c2c3cc(ccc31)-c1csc(n1)C[C@H](NC(=O)[C@H]1C[C@@H]1COC)C(=O)N1CCC[C@H](N1)C(=O)OCC(C)(C)C2.S.S.S.S.S. The van der Waals surface area contributed by atoms with Crippen molar-refractivity contribution < 1.29 is 28.6 Å². The number of rotatable bonds is 9. The van der Waals surface area contributed by atoms with E-state index in [-0.39, 0.29) is 110 Å². The summed E-state index contributed by atoms with van der Waals surface area (Å²) in [5, 5.41) is 8.42. The monoisotopic (exact) mass is 1010 g/mol. The highest BCUT2D eigenvalue weighted by molar-refractivity contribution is 7.60. The molecule has 1 saturated carbocycles. The molecule has 5 atom stereocenters. The van der Waals surface area contributed by atoms with Gasteiger partial charge in [0.1, 0.15) is 12.1 Å². The van der Waals surface area contributed by atoms with Crippen molar-refractivity contribution in [2.45, 2.75) is 84.5 Å². The number of aromatic nitrogens is 3. The van der Waals surface area contributed by atoms with E-state index in [2.05, 4.69) is 77.2 Å². The quantitative estimate of drug-likeness (QED) is 0.197. The minimum Gasteiger partial charge on any atom is -0.464 e. The van der Waals surface area contributed by atoms with E-state index in [4.69, 9.17) is 24.2 Å². The lowest BCUT2D eigenvalue weighted by Crippen LogP contribution is -2.60. The number of methoxy groups -OCH3 is 2. The molecule has 1 aromatic carbocycles. The highest BCUT2D eigenvalue weighted by Gasteiger charge is 2.44. The number of fused-ring (bicyclic) bond motifs is 6. The van der Waals surface area contributed by atoms with E-state index in [9.17, 15) is 14.4 Å². The van der Waals surface area contributed by atoms with E-state index in [0.29, 0.717) is 32.4 Å². The number of aryl methyl sites for hydroxylation is 1. The molecule has 2 N–H and O–H groups in total. The molecule has 3 aromatic heterocycles. The molecule has 3 aliphatic heterocycles. The van der Waals surface area contributed by atoms with E-state index in [1.807, 2.05) is 18.5 Å². The summed E-state index contributed by atoms with van der Waals surface area (Å²) in [4.78, 5) is 56.5. The highest BCUT2D eigenvalue weighted by Crippen LogP contribution is 2.43. The number of esters is 1. The van der Waals surface area contributed by atoms with Crippen LogP contribution in [-0.2, 0) is 48.0 Å². The predicted molar refractivity (Wildman–Crippen MR) is 284 cm³/mol. The summed E-state index contributed by atoms with van der Waals surface area (Å²) in [6.07, 6.45) is 4.44. The normalized spacial score (nSPS) is 22.4. The van der Waals surface area contributed by atoms with Gasteiger partial charge < -0.3 is 33.9 Å². The molecule has 3 fully saturated rings. The molecule has 65 heavy (non-hydrogen) atoms. The first-order valence-corrected chi connectivity index (χ1v) is 22.4. The number of ether oxygens (including phenoxy) is 3. The molecule has 0 spiro atoms. The van der Waals surface area contributed by atoms with Gasteiger partial charge in [0.2, 0.25) is 5.91 Å². The number of hydrogen-bond acceptors (Lipinski definition) is 12. The van der Waals surface area contributed by atoms with Gasteiger partial charge in [0.05, 0.1) is 46.7 Å². The highest BCUT2D eigenvalue weighted by atomic mass is 32.1. The van der Waals surface area contributed by atoms with E-state index in [1.54, 1.807) is 14.2 Å². The number of hydrazine groups is 1. The zero-order valence-electron chi connectivity index (χ0n) is 38.6. The molecule has 14 nitrogen and oxygen atoms in total. The molecule has 2 amide bonds. The van der Waals surface area contributed by atoms with Gasteiger partial charge >= 0.3 is 5.97 Å². The minimum atomic E-state index is -0.866. The number of benzene rings is 1. The Balaban J connectivity index is 0.00000224. The number of thiazole rings is 1. The van der Waals surface area contributed by atoms with Crippen LogP contribution in [-0.4, -0.2) is 122 Å². The molecule has 362 valence electrons. The number of pyridine rings is 1. The Kier molecular flexibility index (Phi) is 21.0. The molecule has 8 rings (SSSR count). The van der Waals surface area contributed by atoms with Crippen molar-refractivity contribution in [3.8, 4) is 22.5 Å². The lowest BCUT2D eigenvalue weighted by molar-refractivity contribution is -0.155. The van der Waals surface area contributed by atoms with Gasteiger partial charge in [0, 0.05) is 105 Å². The van der Waals surface area contributed by atoms with Gasteiger partial charge in [-0.25, -0.2) is 10.4 Å². The van der Waals surface area contributed by atoms with Crippen molar-refractivity contribution in [3.05, 3.63) is 52.1 Å². The molecule has 6 bridgehead atoms. The number of piperazine rings is 1. The molecule has 6 heterocycles. The predicted octanol–water partition coefficient (Wildman–Crippen LogP) is 5.80. The molecule has 0 radical (unpaired) electrons. The van der Waals surface area contributed by atoms with Crippen molar-refractivity contribution in [2.75, 3.05) is 72.1 Å². The van der Waals surface area contributed by atoms with Gasteiger partial charge in [-0.2, -0.15) is 67.5 Å². The topological polar surface area (TPSA) is 143 Å². The second kappa shape index (κ2) is 24.1. The Hall–Kier alpha value is -2.66. The standard InChI is InChI=1S/C45H60N8O6S.5H2S/c1-8-52-38-12-11-28-18-32(38)34(41(52)33-20-30(23-46-40(33)27(2)58-7)51-16-14-50(5)15-17-51)22-45(3,4)26-59-44(56)35-10-9-13-53(49-35)43(55)36(21-39-47-37(28)25-60-39)48-42(54)31-19-29(31)24-57-6;;;;;/h11-12,18,20,23,25,27,29,31,35-36,49H,8-10,13-17,19,21-22,24,26H2,1-7H3,(H,48,54);5*1H2/t27-,29+,31-,35-,36-;;;;;/m0...../s1. The number of nitrogens with one attached hydrogen (secondary N) is 2. The van der Waals surface area contributed by atoms with Gasteiger partial charge in [0.15, 0.2) is 0 Å². The maximum Gasteiger partial charge on any atom is 0.324 e. The summed E-state index contributed by atoms with van der Waals surface area (Å²) in [5.74, 6) is -0.909. The van der Waals surface area contributed by atoms with Crippen molar-refractivity contribution in [1.29, 1.82) is 0 Å². The van der Waals surface area contributed by atoms with Crippen LogP contribution in [0.1, 0.15) is 69.3 Å². The number of anilines is 1. The van der Waals surface area contributed by atoms with E-state index in [1.165, 1.54) is 16.3 Å². The van der Waals surface area contributed by atoms with Gasteiger partial charge in [-0.1, -0.05) is 19.9 Å². The van der Waals surface area contributed by atoms with Gasteiger partial charge in [-0.15, -0.1) is 11.3 Å². The average molecular weight is 1010 g/mol. The Morgan fingerprint density at radius 3 is 2.49 bits per heavy atom. The number of nitrogens with zero attached hydrogens (tertiary/aromatic N) is 6. The van der Waals surface area contributed by atoms with Crippen LogP contribution in [0.3, 0.4) is 0 Å². The summed E-state index contributed by atoms with van der Waals surface area (Å²) < 4.78 is 19.8. The minimum absolute atomic E-state index is 0. The smallest absolute Gasteiger partial charge is 0.324 e. The van der Waals surface area contributed by atoms with Crippen LogP contribution in [0.25, 0.3) is 33.4 Å². The Morgan fingerprint density at radius 1 is 1.06 bits per heavy atom. The van der Waals surface area contributed by atoms with Crippen LogP contribution in [0.2, 0.25) is 0 Å². The Morgan fingerprint density at radius 2 is 1.80 bits per heavy atom. The lowest BCUT2D eigenvalue weighted by atomic mass is 9.84. The van der Waals surface area contributed by atoms with Crippen LogP contribution in [0, 0.1) is 17.3 Å². The van der Waals surface area contributed by atoms with Crippen molar-refractivity contribution in [3.63, 3.8) is 0 Å². The molecular formula is C45H70N8O6S6. The fraction of sp³-hybridized carbons (Fsp3) is 0.578. The first-order chi connectivity index (χ1) is 28.9. The number of carbonyl (C=O) groups is 3. The number of amides is 2. The maximum absolute atomic E-state index is 14.2. The first kappa shape index (κ1) is 56.7. The van der Waals surface area contributed by atoms with Gasteiger partial charge in [-0.05, 0) is 76.3 Å². The zero-order valence-corrected chi connectivity index (χ0v) is 44.4. The summed E-state index contributed by atoms with van der Waals surface area (Å²) >= 11 is 1.48. The second-order valence-corrected chi connectivity index (χ2v) is 18.8. The summed E-state index contributed by atoms with van der Waals surface area (Å²) in [7, 11) is 5.52. The van der Waals surface area contributed by atoms with E-state index in [0.717, 1.165) is 94.5 Å². The molecule has 20 heteroatoms. The molecule has 4 aliphatic rings. The number of likely N-dealkylation sites (N-methyl/N-ethyl adjacent to an activating group) is 1. The molecule has 4 aromatic rings. The van der Waals surface area contributed by atoms with E-state index >= 15 is 0 Å². The van der Waals surface area contributed by atoms with Crippen molar-refractivity contribution >= 4 is 113 Å². The molecule has 0 unspecified atom stereocenters. The number of hydrogen-bond donors (Lipinski definition) is 2. The van der Waals surface area contributed by atoms with Gasteiger partial charge in [0.25, 0.3) is 5.91 Å². The van der Waals surface area contributed by atoms with Crippen LogP contribution >= 0.6 is 78.8 Å². The third kappa shape index (κ3) is 12.3. The van der Waals surface area contributed by atoms with Crippen LogP contribution in [0.4, 0.5) is 5.69 Å². The molecular weight excluding hydrogens is 941 g/mol. The third-order valence-corrected chi connectivity index (χ3v) is 13.6. The Bertz CT molecular complexity index is 2250. The van der Waals surface area contributed by atoms with E-state index < -0.39 is 23.5 Å².